The molecule has 1 nitrogen and oxygen atoms in total. The van der Waals surface area contributed by atoms with Crippen molar-refractivity contribution >= 4 is 13.5 Å². The van der Waals surface area contributed by atoms with Crippen molar-refractivity contribution in [2.45, 2.75) is 0 Å². The summed E-state index contributed by atoms with van der Waals surface area (Å²) < 4.78 is 0. The van der Waals surface area contributed by atoms with E-state index in [1.165, 1.54) is 0 Å². The molecule has 0 atom stereocenters. The van der Waals surface area contributed by atoms with Gasteiger partial charge < -0.3 is 5.11 Å². The molecule has 0 aliphatic heterocycles. The quantitative estimate of drug-likeness (QED) is 0.610. The number of aromatic hydroxyl groups is 1. The standard InChI is InChI=1S/C6H6O.Ni.H2S/c7-6-4-2-1-3-5-6;;/h1-5,7H;;1H2. The molecule has 1 aromatic rings. The molecular formula is C6H8NiOS. The Hall–Kier alpha value is -0.136. The maximum absolute atomic E-state index is 8.63. The van der Waals surface area contributed by atoms with Crippen molar-refractivity contribution in [1.29, 1.82) is 0 Å². The van der Waals surface area contributed by atoms with Crippen LogP contribution in [0.2, 0.25) is 0 Å². The van der Waals surface area contributed by atoms with E-state index in [9.17, 15) is 0 Å². The summed E-state index contributed by atoms with van der Waals surface area (Å²) in [5.41, 5.74) is 0. The molecule has 0 heterocycles. The van der Waals surface area contributed by atoms with Gasteiger partial charge in [-0.1, -0.05) is 18.2 Å². The van der Waals surface area contributed by atoms with Gasteiger partial charge in [0.1, 0.15) is 5.75 Å². The fourth-order valence-corrected chi connectivity index (χ4v) is 0.428. The van der Waals surface area contributed by atoms with E-state index < -0.39 is 0 Å². The van der Waals surface area contributed by atoms with Crippen LogP contribution in [0.5, 0.6) is 5.75 Å². The Kier molecular flexibility index (Phi) is 7.74. The number of phenols is 1. The van der Waals surface area contributed by atoms with E-state index >= 15 is 0 Å². The summed E-state index contributed by atoms with van der Waals surface area (Å²) in [6.45, 7) is 0. The van der Waals surface area contributed by atoms with Crippen LogP contribution in [-0.2, 0) is 16.5 Å². The first-order valence-corrected chi connectivity index (χ1v) is 2.13. The largest absolute Gasteiger partial charge is 0.508 e. The summed E-state index contributed by atoms with van der Waals surface area (Å²) in [5.74, 6) is 0.322. The van der Waals surface area contributed by atoms with Gasteiger partial charge in [-0.2, -0.15) is 13.5 Å². The van der Waals surface area contributed by atoms with Gasteiger partial charge in [-0.15, -0.1) is 0 Å². The van der Waals surface area contributed by atoms with E-state index in [1.807, 2.05) is 6.07 Å². The fourth-order valence-electron chi connectivity index (χ4n) is 0.428. The number of hydrogen-bond donors (Lipinski definition) is 1. The van der Waals surface area contributed by atoms with Gasteiger partial charge >= 0.3 is 0 Å². The number of rotatable bonds is 0. The van der Waals surface area contributed by atoms with E-state index in [0.29, 0.717) is 5.75 Å². The Balaban J connectivity index is 0. The molecule has 0 spiro atoms. The zero-order valence-corrected chi connectivity index (χ0v) is 6.64. The molecule has 9 heavy (non-hydrogen) atoms. The second kappa shape index (κ2) is 5.99. The van der Waals surface area contributed by atoms with Crippen LogP contribution in [0.3, 0.4) is 0 Å². The van der Waals surface area contributed by atoms with E-state index in [2.05, 4.69) is 0 Å². The molecule has 0 fully saturated rings. The minimum atomic E-state index is 0. The van der Waals surface area contributed by atoms with Gasteiger partial charge in [0.05, 0.1) is 0 Å². The monoisotopic (exact) mass is 186 g/mol. The van der Waals surface area contributed by atoms with Gasteiger partial charge in [-0.25, -0.2) is 0 Å². The molecule has 0 radical (unpaired) electrons. The summed E-state index contributed by atoms with van der Waals surface area (Å²) in [4.78, 5) is 0. The SMILES string of the molecule is Oc1ccccc1.S.[Ni]. The Labute approximate surface area is 71.5 Å². The summed E-state index contributed by atoms with van der Waals surface area (Å²) in [6.07, 6.45) is 0. The molecule has 1 N–H and O–H groups in total. The molecule has 0 aromatic heterocycles. The molecule has 0 saturated carbocycles. The zero-order valence-electron chi connectivity index (χ0n) is 4.65. The number of phenolic OH excluding ortho intramolecular Hbond substituents is 1. The predicted octanol–water partition coefficient (Wildman–Crippen LogP) is 1.50. The maximum Gasteiger partial charge on any atom is 0.115 e. The van der Waals surface area contributed by atoms with Crippen molar-refractivity contribution in [2.75, 3.05) is 0 Å². The first kappa shape index (κ1) is 11.6. The first-order valence-electron chi connectivity index (χ1n) is 2.13. The van der Waals surface area contributed by atoms with Gasteiger partial charge in [-0.05, 0) is 12.1 Å². The summed E-state index contributed by atoms with van der Waals surface area (Å²) in [5, 5.41) is 8.63. The molecule has 0 bridgehead atoms. The summed E-state index contributed by atoms with van der Waals surface area (Å²) >= 11 is 0. The Morgan fingerprint density at radius 1 is 1.00 bits per heavy atom. The maximum atomic E-state index is 8.63. The third kappa shape index (κ3) is 4.37. The molecule has 0 aliphatic carbocycles. The Morgan fingerprint density at radius 3 is 1.67 bits per heavy atom. The first-order chi connectivity index (χ1) is 3.39. The minimum Gasteiger partial charge on any atom is -0.508 e. The van der Waals surface area contributed by atoms with Crippen molar-refractivity contribution in [3.63, 3.8) is 0 Å². The van der Waals surface area contributed by atoms with Gasteiger partial charge in [0.2, 0.25) is 0 Å². The topological polar surface area (TPSA) is 20.2 Å². The summed E-state index contributed by atoms with van der Waals surface area (Å²) in [7, 11) is 0. The van der Waals surface area contributed by atoms with E-state index in [4.69, 9.17) is 5.11 Å². The van der Waals surface area contributed by atoms with Gasteiger partial charge in [0, 0.05) is 16.5 Å². The van der Waals surface area contributed by atoms with Crippen LogP contribution >= 0.6 is 13.5 Å². The molecule has 54 valence electrons. The summed E-state index contributed by atoms with van der Waals surface area (Å²) in [6, 6.07) is 8.71. The van der Waals surface area contributed by atoms with E-state index in [0.717, 1.165) is 0 Å². The van der Waals surface area contributed by atoms with Crippen LogP contribution in [0.4, 0.5) is 0 Å². The van der Waals surface area contributed by atoms with Crippen molar-refractivity contribution in [2.24, 2.45) is 0 Å². The molecule has 0 saturated heterocycles. The van der Waals surface area contributed by atoms with E-state index in [1.54, 1.807) is 24.3 Å². The second-order valence-electron chi connectivity index (χ2n) is 1.34. The predicted molar refractivity (Wildman–Crippen MR) is 38.5 cm³/mol. The van der Waals surface area contributed by atoms with Crippen LogP contribution in [0, 0.1) is 0 Å². The molecule has 1 rings (SSSR count). The zero-order chi connectivity index (χ0) is 5.11. The minimum absolute atomic E-state index is 0. The van der Waals surface area contributed by atoms with Crippen LogP contribution in [0.1, 0.15) is 0 Å². The molecule has 0 unspecified atom stereocenters. The molecule has 0 amide bonds. The molecule has 1 aromatic carbocycles. The normalized spacial score (nSPS) is 6.67. The third-order valence-electron chi connectivity index (χ3n) is 0.756. The van der Waals surface area contributed by atoms with Crippen LogP contribution in [-0.4, -0.2) is 5.11 Å². The third-order valence-corrected chi connectivity index (χ3v) is 0.756. The number of benzene rings is 1. The average molecular weight is 187 g/mol. The van der Waals surface area contributed by atoms with Crippen LogP contribution in [0.15, 0.2) is 30.3 Å². The number of para-hydroxylation sites is 1. The van der Waals surface area contributed by atoms with Crippen molar-refractivity contribution in [1.82, 2.24) is 0 Å². The van der Waals surface area contributed by atoms with Crippen LogP contribution < -0.4 is 0 Å². The van der Waals surface area contributed by atoms with Crippen molar-refractivity contribution in [3.05, 3.63) is 30.3 Å². The molecule has 3 heteroatoms. The Morgan fingerprint density at radius 2 is 1.44 bits per heavy atom. The van der Waals surface area contributed by atoms with Gasteiger partial charge in [-0.3, -0.25) is 0 Å². The van der Waals surface area contributed by atoms with Crippen molar-refractivity contribution in [3.8, 4) is 5.75 Å². The smallest absolute Gasteiger partial charge is 0.115 e. The van der Waals surface area contributed by atoms with Gasteiger partial charge in [0.15, 0.2) is 0 Å². The number of hydrogen-bond acceptors (Lipinski definition) is 1. The Bertz CT molecular complexity index is 143. The van der Waals surface area contributed by atoms with Crippen molar-refractivity contribution < 1.29 is 21.6 Å². The fraction of sp³-hybridized carbons (Fsp3) is 0. The second-order valence-corrected chi connectivity index (χ2v) is 1.34. The molecule has 0 aliphatic rings. The average Bonchev–Trinajstić information content (AvgIpc) is 1.69. The van der Waals surface area contributed by atoms with Gasteiger partial charge in [0.25, 0.3) is 0 Å². The molecular weight excluding hydrogens is 179 g/mol. The van der Waals surface area contributed by atoms with E-state index in [-0.39, 0.29) is 30.0 Å². The van der Waals surface area contributed by atoms with Crippen LogP contribution in [0.25, 0.3) is 0 Å².